The Balaban J connectivity index is 1.93. The summed E-state index contributed by atoms with van der Waals surface area (Å²) in [5, 5.41) is 3.15. The molecule has 0 bridgehead atoms. The Morgan fingerprint density at radius 2 is 2.42 bits per heavy atom. The van der Waals surface area contributed by atoms with Crippen molar-refractivity contribution in [3.05, 3.63) is 24.0 Å². The van der Waals surface area contributed by atoms with Crippen molar-refractivity contribution in [3.63, 3.8) is 0 Å². The van der Waals surface area contributed by atoms with Gasteiger partial charge in [0, 0.05) is 26.7 Å². The summed E-state index contributed by atoms with van der Waals surface area (Å²) >= 11 is 0. The molecule has 19 heavy (non-hydrogen) atoms. The van der Waals surface area contributed by atoms with Crippen LogP contribution < -0.4 is 5.32 Å². The normalized spacial score (nSPS) is 18.3. The van der Waals surface area contributed by atoms with Crippen LogP contribution in [0.3, 0.4) is 0 Å². The summed E-state index contributed by atoms with van der Waals surface area (Å²) in [4.78, 5) is 18.1. The Bertz CT molecular complexity index is 413. The van der Waals surface area contributed by atoms with E-state index >= 15 is 0 Å². The number of pyridine rings is 1. The number of carbonyl (C=O) groups is 1. The Hall–Kier alpha value is -1.62. The number of nitrogens with one attached hydrogen (secondary N) is 1. The molecule has 1 aliphatic rings. The minimum Gasteiger partial charge on any atom is -0.384 e. The zero-order chi connectivity index (χ0) is 13.7. The van der Waals surface area contributed by atoms with Gasteiger partial charge in [0.05, 0.1) is 18.0 Å². The summed E-state index contributed by atoms with van der Waals surface area (Å²) in [6.45, 7) is 4.31. The minimum absolute atomic E-state index is 0.0569. The maximum Gasteiger partial charge on any atom is 0.272 e. The van der Waals surface area contributed by atoms with Crippen LogP contribution in [0.5, 0.6) is 0 Å². The highest BCUT2D eigenvalue weighted by Gasteiger charge is 2.21. The highest BCUT2D eigenvalue weighted by Crippen LogP contribution is 2.14. The number of nitrogens with zero attached hydrogens (tertiary/aromatic N) is 2. The van der Waals surface area contributed by atoms with Gasteiger partial charge in [0.1, 0.15) is 5.69 Å². The standard InChI is InChI=1S/C14H21N3O2/c1-3-15-11-6-7-13(16-9-11)14(18)17(2)10-12-5-4-8-19-12/h6-7,9,12,15H,3-5,8,10H2,1-2H3. The number of rotatable bonds is 5. The maximum atomic E-state index is 12.2. The Morgan fingerprint density at radius 3 is 3.00 bits per heavy atom. The average molecular weight is 263 g/mol. The van der Waals surface area contributed by atoms with E-state index in [0.717, 1.165) is 31.7 Å². The summed E-state index contributed by atoms with van der Waals surface area (Å²) in [7, 11) is 1.80. The van der Waals surface area contributed by atoms with E-state index in [-0.39, 0.29) is 12.0 Å². The van der Waals surface area contributed by atoms with Crippen molar-refractivity contribution in [2.75, 3.05) is 32.1 Å². The van der Waals surface area contributed by atoms with E-state index in [0.29, 0.717) is 12.2 Å². The van der Waals surface area contributed by atoms with Crippen molar-refractivity contribution in [2.45, 2.75) is 25.9 Å². The molecule has 1 N–H and O–H groups in total. The van der Waals surface area contributed by atoms with E-state index in [1.54, 1.807) is 24.2 Å². The molecule has 1 aromatic heterocycles. The highest BCUT2D eigenvalue weighted by atomic mass is 16.5. The Kier molecular flexibility index (Phi) is 4.74. The number of carbonyl (C=O) groups excluding carboxylic acids is 1. The summed E-state index contributed by atoms with van der Waals surface area (Å²) in [5.74, 6) is -0.0569. The van der Waals surface area contributed by atoms with Gasteiger partial charge in [0.2, 0.25) is 0 Å². The van der Waals surface area contributed by atoms with Crippen LogP contribution in [0.25, 0.3) is 0 Å². The predicted molar refractivity (Wildman–Crippen MR) is 74.3 cm³/mol. The number of ether oxygens (including phenoxy) is 1. The third-order valence-corrected chi connectivity index (χ3v) is 3.21. The van der Waals surface area contributed by atoms with Crippen molar-refractivity contribution in [2.24, 2.45) is 0 Å². The van der Waals surface area contributed by atoms with Gasteiger partial charge in [-0.15, -0.1) is 0 Å². The van der Waals surface area contributed by atoms with E-state index in [2.05, 4.69) is 10.3 Å². The zero-order valence-electron chi connectivity index (χ0n) is 11.6. The number of amides is 1. The van der Waals surface area contributed by atoms with Gasteiger partial charge in [-0.2, -0.15) is 0 Å². The quantitative estimate of drug-likeness (QED) is 0.879. The van der Waals surface area contributed by atoms with Gasteiger partial charge in [-0.3, -0.25) is 4.79 Å². The Morgan fingerprint density at radius 1 is 1.58 bits per heavy atom. The van der Waals surface area contributed by atoms with Gasteiger partial charge in [-0.1, -0.05) is 0 Å². The van der Waals surface area contributed by atoms with Gasteiger partial charge < -0.3 is 15.0 Å². The SMILES string of the molecule is CCNc1ccc(C(=O)N(C)CC2CCCO2)nc1. The molecule has 2 rings (SSSR count). The summed E-state index contributed by atoms with van der Waals surface area (Å²) in [6.07, 6.45) is 3.98. The third-order valence-electron chi connectivity index (χ3n) is 3.21. The van der Waals surface area contributed by atoms with Gasteiger partial charge in [0.15, 0.2) is 0 Å². The van der Waals surface area contributed by atoms with Crippen LogP contribution in [0.15, 0.2) is 18.3 Å². The second-order valence-corrected chi connectivity index (χ2v) is 4.78. The van der Waals surface area contributed by atoms with E-state index in [9.17, 15) is 4.79 Å². The first-order valence-electron chi connectivity index (χ1n) is 6.77. The Labute approximate surface area is 114 Å². The fourth-order valence-electron chi connectivity index (χ4n) is 2.20. The topological polar surface area (TPSA) is 54.5 Å². The first-order chi connectivity index (χ1) is 9.20. The van der Waals surface area contributed by atoms with Crippen molar-refractivity contribution in [1.29, 1.82) is 0 Å². The molecule has 1 aliphatic heterocycles. The smallest absolute Gasteiger partial charge is 0.272 e. The van der Waals surface area contributed by atoms with Crippen molar-refractivity contribution in [1.82, 2.24) is 9.88 Å². The number of hydrogen-bond donors (Lipinski definition) is 1. The lowest BCUT2D eigenvalue weighted by molar-refractivity contribution is 0.0583. The summed E-state index contributed by atoms with van der Waals surface area (Å²) in [6, 6.07) is 3.63. The lowest BCUT2D eigenvalue weighted by Crippen LogP contribution is -2.34. The van der Waals surface area contributed by atoms with Crippen LogP contribution in [0, 0.1) is 0 Å². The van der Waals surface area contributed by atoms with Gasteiger partial charge in [-0.25, -0.2) is 4.98 Å². The lowest BCUT2D eigenvalue weighted by Gasteiger charge is -2.20. The third kappa shape index (κ3) is 3.67. The molecule has 1 unspecified atom stereocenters. The van der Waals surface area contributed by atoms with Crippen LogP contribution >= 0.6 is 0 Å². The first kappa shape index (κ1) is 13.8. The van der Waals surface area contributed by atoms with Crippen molar-refractivity contribution < 1.29 is 9.53 Å². The molecule has 0 spiro atoms. The van der Waals surface area contributed by atoms with Crippen LogP contribution in [0.1, 0.15) is 30.3 Å². The molecule has 1 saturated heterocycles. The summed E-state index contributed by atoms with van der Waals surface area (Å²) in [5.41, 5.74) is 1.41. The predicted octanol–water partition coefficient (Wildman–Crippen LogP) is 1.76. The minimum atomic E-state index is -0.0569. The van der Waals surface area contributed by atoms with Gasteiger partial charge in [0.25, 0.3) is 5.91 Å². The maximum absolute atomic E-state index is 12.2. The van der Waals surface area contributed by atoms with Crippen LogP contribution in [-0.2, 0) is 4.74 Å². The number of aromatic nitrogens is 1. The van der Waals surface area contributed by atoms with E-state index in [1.807, 2.05) is 13.0 Å². The molecule has 0 aromatic carbocycles. The average Bonchev–Trinajstić information content (AvgIpc) is 2.92. The molecular formula is C14H21N3O2. The fraction of sp³-hybridized carbons (Fsp3) is 0.571. The van der Waals surface area contributed by atoms with Crippen LogP contribution in [0.2, 0.25) is 0 Å². The van der Waals surface area contributed by atoms with Crippen LogP contribution in [-0.4, -0.2) is 48.6 Å². The second-order valence-electron chi connectivity index (χ2n) is 4.78. The number of likely N-dealkylation sites (N-methyl/N-ethyl adjacent to an activating group) is 1. The molecule has 5 nitrogen and oxygen atoms in total. The van der Waals surface area contributed by atoms with Crippen LogP contribution in [0.4, 0.5) is 5.69 Å². The fourth-order valence-corrected chi connectivity index (χ4v) is 2.20. The summed E-state index contributed by atoms with van der Waals surface area (Å²) < 4.78 is 5.54. The van der Waals surface area contributed by atoms with Gasteiger partial charge >= 0.3 is 0 Å². The first-order valence-corrected chi connectivity index (χ1v) is 6.77. The number of anilines is 1. The molecule has 0 aliphatic carbocycles. The zero-order valence-corrected chi connectivity index (χ0v) is 11.6. The molecule has 104 valence electrons. The lowest BCUT2D eigenvalue weighted by atomic mass is 10.2. The molecule has 5 heteroatoms. The highest BCUT2D eigenvalue weighted by molar-refractivity contribution is 5.92. The van der Waals surface area contributed by atoms with E-state index in [4.69, 9.17) is 4.74 Å². The van der Waals surface area contributed by atoms with E-state index < -0.39 is 0 Å². The molecule has 0 radical (unpaired) electrons. The largest absolute Gasteiger partial charge is 0.384 e. The van der Waals surface area contributed by atoms with Crippen molar-refractivity contribution >= 4 is 11.6 Å². The second kappa shape index (κ2) is 6.52. The molecule has 0 saturated carbocycles. The van der Waals surface area contributed by atoms with Crippen molar-refractivity contribution in [3.8, 4) is 0 Å². The molecule has 2 heterocycles. The van der Waals surface area contributed by atoms with E-state index in [1.165, 1.54) is 0 Å². The molecule has 1 aromatic rings. The molecular weight excluding hydrogens is 242 g/mol. The number of hydrogen-bond acceptors (Lipinski definition) is 4. The molecule has 1 atom stereocenters. The van der Waals surface area contributed by atoms with Gasteiger partial charge in [-0.05, 0) is 31.9 Å². The monoisotopic (exact) mass is 263 g/mol. The molecule has 1 fully saturated rings. The molecule has 1 amide bonds.